The summed E-state index contributed by atoms with van der Waals surface area (Å²) in [7, 11) is 0. The molecular formula is C15H13N3OS3. The second kappa shape index (κ2) is 7.04. The van der Waals surface area contributed by atoms with Gasteiger partial charge in [0.2, 0.25) is 0 Å². The van der Waals surface area contributed by atoms with Crippen LogP contribution >= 0.6 is 34.4 Å². The Labute approximate surface area is 140 Å². The van der Waals surface area contributed by atoms with Crippen molar-refractivity contribution in [3.8, 4) is 0 Å². The first-order valence-corrected chi connectivity index (χ1v) is 9.30. The first-order chi connectivity index (χ1) is 10.7. The minimum atomic E-state index is -0.132. The number of hydrogen-bond acceptors (Lipinski definition) is 6. The highest BCUT2D eigenvalue weighted by Crippen LogP contribution is 2.27. The summed E-state index contributed by atoms with van der Waals surface area (Å²) in [4.78, 5) is 21.9. The van der Waals surface area contributed by atoms with Gasteiger partial charge in [-0.25, -0.2) is 9.97 Å². The number of aromatic nitrogens is 2. The molecule has 0 bridgehead atoms. The number of nitrogens with zero attached hydrogens (tertiary/aromatic N) is 2. The molecule has 4 nitrogen and oxygen atoms in total. The van der Waals surface area contributed by atoms with Gasteiger partial charge in [0.1, 0.15) is 0 Å². The average molecular weight is 347 g/mol. The Hall–Kier alpha value is -1.70. The Bertz CT molecular complexity index is 768. The molecule has 0 radical (unpaired) electrons. The second-order valence-corrected chi connectivity index (χ2v) is 7.41. The van der Waals surface area contributed by atoms with Gasteiger partial charge in [0.25, 0.3) is 5.91 Å². The SMILES string of the molecule is Cc1nc(CSc2ccccc2C(=O)Nc2nccs2)cs1. The number of carbonyl (C=O) groups excluding carboxylic acids is 1. The highest BCUT2D eigenvalue weighted by molar-refractivity contribution is 7.98. The van der Waals surface area contributed by atoms with Gasteiger partial charge < -0.3 is 0 Å². The fourth-order valence-corrected chi connectivity index (χ4v) is 4.04. The molecule has 3 rings (SSSR count). The van der Waals surface area contributed by atoms with Crippen LogP contribution in [0.15, 0.2) is 46.1 Å². The van der Waals surface area contributed by atoms with Crippen LogP contribution in [0.1, 0.15) is 21.1 Å². The molecule has 0 unspecified atom stereocenters. The van der Waals surface area contributed by atoms with Crippen molar-refractivity contribution >= 4 is 45.5 Å². The number of hydrogen-bond donors (Lipinski definition) is 1. The summed E-state index contributed by atoms with van der Waals surface area (Å²) >= 11 is 4.67. The Morgan fingerprint density at radius 1 is 1.32 bits per heavy atom. The molecule has 0 aliphatic rings. The number of nitrogens with one attached hydrogen (secondary N) is 1. The van der Waals surface area contributed by atoms with E-state index in [1.807, 2.05) is 36.6 Å². The third kappa shape index (κ3) is 3.73. The van der Waals surface area contributed by atoms with Crippen LogP contribution in [0.3, 0.4) is 0 Å². The first-order valence-electron chi connectivity index (χ1n) is 6.56. The number of aryl methyl sites for hydroxylation is 1. The van der Waals surface area contributed by atoms with Gasteiger partial charge in [-0.15, -0.1) is 34.4 Å². The summed E-state index contributed by atoms with van der Waals surface area (Å²) in [5.41, 5.74) is 1.71. The maximum Gasteiger partial charge on any atom is 0.258 e. The van der Waals surface area contributed by atoms with E-state index in [9.17, 15) is 4.79 Å². The molecule has 1 N–H and O–H groups in total. The number of amides is 1. The lowest BCUT2D eigenvalue weighted by molar-refractivity contribution is 0.102. The molecule has 22 heavy (non-hydrogen) atoms. The van der Waals surface area contributed by atoms with E-state index in [0.29, 0.717) is 10.7 Å². The van der Waals surface area contributed by atoms with Crippen molar-refractivity contribution in [1.29, 1.82) is 0 Å². The second-order valence-electron chi connectivity index (χ2n) is 4.43. The zero-order valence-corrected chi connectivity index (χ0v) is 14.2. The maximum absolute atomic E-state index is 12.4. The Morgan fingerprint density at radius 3 is 2.91 bits per heavy atom. The van der Waals surface area contributed by atoms with Crippen molar-refractivity contribution < 1.29 is 4.79 Å². The fraction of sp³-hybridized carbons (Fsp3) is 0.133. The molecule has 0 atom stereocenters. The number of carbonyl (C=O) groups is 1. The summed E-state index contributed by atoms with van der Waals surface area (Å²) in [5, 5.41) is 8.38. The van der Waals surface area contributed by atoms with E-state index < -0.39 is 0 Å². The highest BCUT2D eigenvalue weighted by atomic mass is 32.2. The highest BCUT2D eigenvalue weighted by Gasteiger charge is 2.13. The van der Waals surface area contributed by atoms with E-state index >= 15 is 0 Å². The van der Waals surface area contributed by atoms with Crippen molar-refractivity contribution in [2.45, 2.75) is 17.6 Å². The van der Waals surface area contributed by atoms with Crippen LogP contribution in [0.25, 0.3) is 0 Å². The molecule has 112 valence electrons. The predicted octanol–water partition coefficient (Wildman–Crippen LogP) is 4.45. The Balaban J connectivity index is 1.73. The fourth-order valence-electron chi connectivity index (χ4n) is 1.86. The molecule has 0 spiro atoms. The zero-order chi connectivity index (χ0) is 15.4. The van der Waals surface area contributed by atoms with Crippen molar-refractivity contribution in [3.05, 3.63) is 57.5 Å². The van der Waals surface area contributed by atoms with E-state index in [1.54, 1.807) is 29.3 Å². The van der Waals surface area contributed by atoms with Gasteiger partial charge in [-0.2, -0.15) is 0 Å². The summed E-state index contributed by atoms with van der Waals surface area (Å²) in [5.74, 6) is 0.624. The minimum Gasteiger partial charge on any atom is -0.298 e. The number of thioether (sulfide) groups is 1. The zero-order valence-electron chi connectivity index (χ0n) is 11.8. The smallest absolute Gasteiger partial charge is 0.258 e. The van der Waals surface area contributed by atoms with Crippen LogP contribution < -0.4 is 5.32 Å². The minimum absolute atomic E-state index is 0.132. The molecule has 0 fully saturated rings. The largest absolute Gasteiger partial charge is 0.298 e. The van der Waals surface area contributed by atoms with Crippen LogP contribution in [0, 0.1) is 6.92 Å². The number of benzene rings is 1. The molecule has 0 aliphatic carbocycles. The molecular weight excluding hydrogens is 334 g/mol. The molecule has 0 aliphatic heterocycles. The van der Waals surface area contributed by atoms with Crippen LogP contribution in [0.2, 0.25) is 0 Å². The van der Waals surface area contributed by atoms with Crippen LogP contribution in [0.4, 0.5) is 5.13 Å². The number of rotatable bonds is 5. The number of anilines is 1. The topological polar surface area (TPSA) is 54.9 Å². The normalized spacial score (nSPS) is 10.6. The van der Waals surface area contributed by atoms with E-state index in [-0.39, 0.29) is 5.91 Å². The summed E-state index contributed by atoms with van der Waals surface area (Å²) in [6.07, 6.45) is 1.67. The van der Waals surface area contributed by atoms with Crippen molar-refractivity contribution in [2.75, 3.05) is 5.32 Å². The van der Waals surface area contributed by atoms with Crippen LogP contribution in [0.5, 0.6) is 0 Å². The molecule has 1 aromatic carbocycles. The van der Waals surface area contributed by atoms with Gasteiger partial charge in [0, 0.05) is 27.6 Å². The molecule has 7 heteroatoms. The van der Waals surface area contributed by atoms with E-state index in [2.05, 4.69) is 20.7 Å². The molecule has 0 saturated heterocycles. The van der Waals surface area contributed by atoms with Gasteiger partial charge >= 0.3 is 0 Å². The van der Waals surface area contributed by atoms with Gasteiger partial charge in [-0.1, -0.05) is 12.1 Å². The average Bonchev–Trinajstić information content (AvgIpc) is 3.17. The van der Waals surface area contributed by atoms with E-state index in [0.717, 1.165) is 21.3 Å². The molecule has 3 aromatic rings. The number of thiazole rings is 2. The van der Waals surface area contributed by atoms with Crippen molar-refractivity contribution in [3.63, 3.8) is 0 Å². The van der Waals surface area contributed by atoms with Crippen molar-refractivity contribution in [1.82, 2.24) is 9.97 Å². The van der Waals surface area contributed by atoms with Crippen LogP contribution in [-0.2, 0) is 5.75 Å². The summed E-state index contributed by atoms with van der Waals surface area (Å²) < 4.78 is 0. The molecule has 2 heterocycles. The molecule has 2 aromatic heterocycles. The third-order valence-electron chi connectivity index (χ3n) is 2.83. The van der Waals surface area contributed by atoms with Gasteiger partial charge in [0.15, 0.2) is 5.13 Å². The summed E-state index contributed by atoms with van der Waals surface area (Å²) in [6, 6.07) is 7.60. The summed E-state index contributed by atoms with van der Waals surface area (Å²) in [6.45, 7) is 1.99. The van der Waals surface area contributed by atoms with E-state index in [1.165, 1.54) is 11.3 Å². The van der Waals surface area contributed by atoms with Gasteiger partial charge in [-0.3, -0.25) is 10.1 Å². The van der Waals surface area contributed by atoms with Crippen molar-refractivity contribution in [2.24, 2.45) is 0 Å². The maximum atomic E-state index is 12.4. The predicted molar refractivity (Wildman–Crippen MR) is 92.9 cm³/mol. The van der Waals surface area contributed by atoms with E-state index in [4.69, 9.17) is 0 Å². The van der Waals surface area contributed by atoms with Gasteiger partial charge in [-0.05, 0) is 19.1 Å². The standard InChI is InChI=1S/C15H13N3OS3/c1-10-17-11(8-21-10)9-22-13-5-3-2-4-12(13)14(19)18-15-16-6-7-20-15/h2-8H,9H2,1H3,(H,16,18,19). The molecule has 1 amide bonds. The quantitative estimate of drug-likeness (QED) is 0.693. The van der Waals surface area contributed by atoms with Crippen LogP contribution in [-0.4, -0.2) is 15.9 Å². The lowest BCUT2D eigenvalue weighted by Crippen LogP contribution is -2.12. The molecule has 0 saturated carbocycles. The lowest BCUT2D eigenvalue weighted by Gasteiger charge is -2.07. The third-order valence-corrected chi connectivity index (χ3v) is 5.44. The Kier molecular flexibility index (Phi) is 4.87. The van der Waals surface area contributed by atoms with Gasteiger partial charge in [0.05, 0.1) is 16.3 Å². The monoisotopic (exact) mass is 347 g/mol. The lowest BCUT2D eigenvalue weighted by atomic mass is 10.2. The first kappa shape index (κ1) is 15.2. The Morgan fingerprint density at radius 2 is 2.18 bits per heavy atom.